The minimum absolute atomic E-state index is 0.0363. The molecular formula is C45H51NO5Si. The highest BCUT2D eigenvalue weighted by Gasteiger charge is 2.57. The fourth-order valence-corrected chi connectivity index (χ4v) is 13.7. The predicted octanol–water partition coefficient (Wildman–Crippen LogP) is 8.03. The molecule has 52 heavy (non-hydrogen) atoms. The lowest BCUT2D eigenvalue weighted by molar-refractivity contribution is -0.140. The number of amides is 2. The molecule has 2 heterocycles. The molecule has 2 aliphatic heterocycles. The number of carbonyl (C=O) groups is 2. The van der Waals surface area contributed by atoms with Crippen molar-refractivity contribution in [3.63, 3.8) is 0 Å². The van der Waals surface area contributed by atoms with Crippen molar-refractivity contribution in [1.29, 1.82) is 0 Å². The molecule has 2 saturated heterocycles. The maximum absolute atomic E-state index is 13.9. The lowest BCUT2D eigenvalue weighted by atomic mass is 9.69. The van der Waals surface area contributed by atoms with E-state index in [1.165, 1.54) is 26.4 Å². The van der Waals surface area contributed by atoms with Gasteiger partial charge >= 0.3 is 0 Å². The smallest absolute Gasteiger partial charge is 0.261 e. The zero-order valence-electron chi connectivity index (χ0n) is 31.1. The first kappa shape index (κ1) is 36.1. The number of likely N-dealkylation sites (tertiary alicyclic amines) is 1. The fourth-order valence-electron chi connectivity index (χ4n) is 9.20. The van der Waals surface area contributed by atoms with Gasteiger partial charge in [-0.15, -0.1) is 0 Å². The molecule has 4 aromatic carbocycles. The topological polar surface area (TPSA) is 76.1 Å². The average Bonchev–Trinajstić information content (AvgIpc) is 3.67. The molecule has 0 bridgehead atoms. The van der Waals surface area contributed by atoms with Crippen LogP contribution in [0, 0.1) is 17.8 Å². The summed E-state index contributed by atoms with van der Waals surface area (Å²) in [6, 6.07) is 33.0. The van der Waals surface area contributed by atoms with Crippen LogP contribution in [0.1, 0.15) is 65.9 Å². The van der Waals surface area contributed by atoms with Crippen LogP contribution >= 0.6 is 0 Å². The summed E-state index contributed by atoms with van der Waals surface area (Å²) in [6.07, 6.45) is 4.88. The Morgan fingerprint density at radius 1 is 0.885 bits per heavy atom. The van der Waals surface area contributed by atoms with Gasteiger partial charge in [0.05, 0.1) is 31.2 Å². The summed E-state index contributed by atoms with van der Waals surface area (Å²) in [6.45, 7) is 12.3. The summed E-state index contributed by atoms with van der Waals surface area (Å²) in [5, 5.41) is 14.5. The van der Waals surface area contributed by atoms with Crippen molar-refractivity contribution < 1.29 is 23.9 Å². The van der Waals surface area contributed by atoms with Gasteiger partial charge in [-0.05, 0) is 76.2 Å². The third-order valence-corrected chi connectivity index (χ3v) is 16.5. The van der Waals surface area contributed by atoms with E-state index in [9.17, 15) is 14.7 Å². The van der Waals surface area contributed by atoms with Gasteiger partial charge in [-0.25, -0.2) is 0 Å². The van der Waals surface area contributed by atoms with Crippen molar-refractivity contribution in [2.75, 3.05) is 19.8 Å². The number of hydrogen-bond acceptors (Lipinski definition) is 5. The molecule has 6 nitrogen and oxygen atoms in total. The fraction of sp³-hybridized carbons (Fsp3) is 0.378. The zero-order chi connectivity index (χ0) is 36.6. The molecular weight excluding hydrogens is 663 g/mol. The molecule has 0 spiro atoms. The van der Waals surface area contributed by atoms with E-state index < -0.39 is 8.32 Å². The summed E-state index contributed by atoms with van der Waals surface area (Å²) in [7, 11) is -2.86. The summed E-state index contributed by atoms with van der Waals surface area (Å²) < 4.78 is 14.1. The maximum atomic E-state index is 13.9. The second-order valence-corrected chi connectivity index (χ2v) is 20.2. The Balaban J connectivity index is 1.25. The molecule has 1 N–H and O–H groups in total. The van der Waals surface area contributed by atoms with Crippen molar-refractivity contribution >= 4 is 47.4 Å². The third-order valence-electron chi connectivity index (χ3n) is 11.6. The molecule has 1 aliphatic carbocycles. The highest BCUT2D eigenvalue weighted by atomic mass is 28.4. The van der Waals surface area contributed by atoms with Gasteiger partial charge in [-0.2, -0.15) is 0 Å². The number of fused-ring (bicyclic) bond motifs is 4. The van der Waals surface area contributed by atoms with Crippen LogP contribution in [-0.2, 0) is 18.8 Å². The molecule has 0 radical (unpaired) electrons. The van der Waals surface area contributed by atoms with Gasteiger partial charge in [0.15, 0.2) is 0 Å². The van der Waals surface area contributed by atoms with Crippen LogP contribution < -0.4 is 10.4 Å². The lowest BCUT2D eigenvalue weighted by Gasteiger charge is -2.44. The van der Waals surface area contributed by atoms with E-state index in [-0.39, 0.29) is 46.5 Å². The number of allylic oxidation sites excluding steroid dienone is 1. The number of aromatic hydroxyl groups is 1. The van der Waals surface area contributed by atoms with E-state index in [0.717, 1.165) is 41.2 Å². The van der Waals surface area contributed by atoms with Crippen molar-refractivity contribution in [2.45, 2.75) is 71.4 Å². The molecule has 0 unspecified atom stereocenters. The van der Waals surface area contributed by atoms with Crippen LogP contribution in [0.4, 0.5) is 0 Å². The number of phenols is 1. The van der Waals surface area contributed by atoms with Crippen molar-refractivity contribution in [3.8, 4) is 5.75 Å². The molecule has 2 amide bonds. The van der Waals surface area contributed by atoms with Gasteiger partial charge in [0.2, 0.25) is 11.8 Å². The number of phenolic OH excluding ortho intramolecular Hbond substituents is 1. The van der Waals surface area contributed by atoms with Crippen LogP contribution in [0.3, 0.4) is 0 Å². The van der Waals surface area contributed by atoms with Gasteiger partial charge in [-0.3, -0.25) is 14.5 Å². The predicted molar refractivity (Wildman–Crippen MR) is 211 cm³/mol. The lowest BCUT2D eigenvalue weighted by Crippen LogP contribution is -2.66. The Morgan fingerprint density at radius 2 is 1.52 bits per heavy atom. The Morgan fingerprint density at radius 3 is 2.15 bits per heavy atom. The minimum atomic E-state index is -2.86. The van der Waals surface area contributed by atoms with Gasteiger partial charge in [-0.1, -0.05) is 130 Å². The average molecular weight is 714 g/mol. The van der Waals surface area contributed by atoms with Crippen molar-refractivity contribution in [1.82, 2.24) is 4.90 Å². The van der Waals surface area contributed by atoms with E-state index >= 15 is 0 Å². The van der Waals surface area contributed by atoms with Crippen LogP contribution in [0.15, 0.2) is 114 Å². The van der Waals surface area contributed by atoms with Crippen LogP contribution in [-0.4, -0.2) is 56.0 Å². The summed E-state index contributed by atoms with van der Waals surface area (Å²) in [5.74, 6) is -0.685. The quantitative estimate of drug-likeness (QED) is 0.0968. The van der Waals surface area contributed by atoms with E-state index in [0.29, 0.717) is 26.2 Å². The van der Waals surface area contributed by atoms with Crippen molar-refractivity contribution in [3.05, 3.63) is 119 Å². The van der Waals surface area contributed by atoms with Gasteiger partial charge in [0, 0.05) is 17.8 Å². The number of rotatable bonds is 11. The first-order chi connectivity index (χ1) is 25.0. The number of hydrogen-bond donors (Lipinski definition) is 1. The molecule has 0 saturated carbocycles. The second-order valence-electron chi connectivity index (χ2n) is 15.9. The standard InChI is InChI=1S/C45H51NO5Si/c1-6-25-46-43(48)37-27-32(28-51-52(45(3,4)5,33-15-9-7-10-16-33)34-17-11-8-12-18-34)41-38(42(37)44(46)49)29-50-40(41)24-21-30(2)26-31-22-23-39(47)36-20-14-13-19-35(31)36/h7-20,22-23,26,37-38,40,42,47H,6,21,24-25,27-29H2,1-5H3/b30-26+/t37-,38+,40-,42-/m1/s1. The van der Waals surface area contributed by atoms with Crippen LogP contribution in [0.25, 0.3) is 16.8 Å². The third kappa shape index (κ3) is 6.37. The highest BCUT2D eigenvalue weighted by Crippen LogP contribution is 2.50. The van der Waals surface area contributed by atoms with Crippen LogP contribution in [0.2, 0.25) is 5.04 Å². The maximum Gasteiger partial charge on any atom is 0.261 e. The molecule has 4 aromatic rings. The first-order valence-corrected chi connectivity index (χ1v) is 20.8. The Kier molecular flexibility index (Phi) is 10.1. The number of nitrogens with zero attached hydrogens (tertiary/aromatic N) is 1. The molecule has 0 aromatic heterocycles. The largest absolute Gasteiger partial charge is 0.507 e. The molecule has 4 atom stereocenters. The highest BCUT2D eigenvalue weighted by molar-refractivity contribution is 6.99. The minimum Gasteiger partial charge on any atom is -0.507 e. The summed E-state index contributed by atoms with van der Waals surface area (Å²) in [4.78, 5) is 29.3. The van der Waals surface area contributed by atoms with Crippen molar-refractivity contribution in [2.24, 2.45) is 17.8 Å². The van der Waals surface area contributed by atoms with E-state index in [1.807, 2.05) is 37.3 Å². The number of ether oxygens (including phenoxy) is 1. The monoisotopic (exact) mass is 713 g/mol. The van der Waals surface area contributed by atoms with E-state index in [1.54, 1.807) is 6.07 Å². The summed E-state index contributed by atoms with van der Waals surface area (Å²) >= 11 is 0. The number of benzene rings is 4. The van der Waals surface area contributed by atoms with Gasteiger partial charge < -0.3 is 14.3 Å². The molecule has 270 valence electrons. The number of carbonyl (C=O) groups excluding carboxylic acids is 2. The Hall–Kier alpha value is -4.30. The van der Waals surface area contributed by atoms with Crippen LogP contribution in [0.5, 0.6) is 5.75 Å². The van der Waals surface area contributed by atoms with Gasteiger partial charge in [0.25, 0.3) is 8.32 Å². The molecule has 7 rings (SSSR count). The molecule has 7 heteroatoms. The Bertz CT molecular complexity index is 1970. The van der Waals surface area contributed by atoms with Gasteiger partial charge in [0.1, 0.15) is 5.75 Å². The molecule has 2 fully saturated rings. The second kappa shape index (κ2) is 14.6. The SMILES string of the molecule is CCCN1C(=O)[C@@H]2[C@@H](CC(CO[Si](c3ccccc3)(c3ccccc3)C(C)(C)C)=C3[C@@H](CC/C(C)=C/c4ccc(O)c5ccccc45)OC[C@@H]32)C1=O. The van der Waals surface area contributed by atoms with E-state index in [4.69, 9.17) is 9.16 Å². The van der Waals surface area contributed by atoms with E-state index in [2.05, 4.69) is 94.4 Å². The number of imide groups is 1. The first-order valence-electron chi connectivity index (χ1n) is 18.9. The normalized spacial score (nSPS) is 22.3. The Labute approximate surface area is 309 Å². The molecule has 3 aliphatic rings. The zero-order valence-corrected chi connectivity index (χ0v) is 32.1. The summed E-state index contributed by atoms with van der Waals surface area (Å²) in [5.41, 5.74) is 4.60.